The van der Waals surface area contributed by atoms with Crippen molar-refractivity contribution in [2.45, 2.75) is 18.6 Å². The average molecular weight is 414 g/mol. The Morgan fingerprint density at radius 3 is 2.84 bits per heavy atom. The number of rotatable bonds is 5. The Kier molecular flexibility index (Phi) is 5.68. The molecule has 9 heteroatoms. The number of hydrogen-bond donors (Lipinski definition) is 1. The van der Waals surface area contributed by atoms with E-state index in [1.807, 2.05) is 12.3 Å². The summed E-state index contributed by atoms with van der Waals surface area (Å²) in [5, 5.41) is 5.91. The minimum absolute atomic E-state index is 0.0742. The van der Waals surface area contributed by atoms with Gasteiger partial charge in [-0.05, 0) is 36.6 Å². The monoisotopic (exact) mass is 413 g/mol. The molecule has 1 aromatic carbocycles. The summed E-state index contributed by atoms with van der Waals surface area (Å²) in [4.78, 5) is 29.1. The molecule has 0 bridgehead atoms. The SMILES string of the molecule is CCn1c(SCC(=O)Nc2ccc(Cl)c(Cl)c2)nc2ccsc2c1=O. The number of fused-ring (bicyclic) bond motifs is 1. The standard InChI is InChI=1S/C16H13Cl2N3O2S2/c1-2-21-15(23)14-12(5-6-24-14)20-16(21)25-8-13(22)19-9-3-4-10(17)11(18)7-9/h3-7H,2,8H2,1H3,(H,19,22). The van der Waals surface area contributed by atoms with E-state index in [0.717, 1.165) is 0 Å². The van der Waals surface area contributed by atoms with Gasteiger partial charge in [-0.15, -0.1) is 11.3 Å². The highest BCUT2D eigenvalue weighted by atomic mass is 35.5. The molecule has 0 spiro atoms. The Bertz CT molecular complexity index is 1000. The van der Waals surface area contributed by atoms with E-state index in [4.69, 9.17) is 23.2 Å². The zero-order valence-corrected chi connectivity index (χ0v) is 16.2. The number of aromatic nitrogens is 2. The Labute approximate surface area is 162 Å². The number of anilines is 1. The van der Waals surface area contributed by atoms with Crippen LogP contribution in [0.25, 0.3) is 10.2 Å². The first-order valence-corrected chi connectivity index (χ1v) is 9.97. The molecule has 3 aromatic rings. The summed E-state index contributed by atoms with van der Waals surface area (Å²) in [5.74, 6) is -0.0896. The average Bonchev–Trinajstić information content (AvgIpc) is 3.05. The molecule has 0 unspecified atom stereocenters. The summed E-state index contributed by atoms with van der Waals surface area (Å²) in [6.45, 7) is 2.37. The lowest BCUT2D eigenvalue weighted by Crippen LogP contribution is -2.22. The Morgan fingerprint density at radius 2 is 2.12 bits per heavy atom. The van der Waals surface area contributed by atoms with Crippen molar-refractivity contribution >= 4 is 68.1 Å². The Balaban J connectivity index is 1.74. The number of benzene rings is 1. The van der Waals surface area contributed by atoms with Crippen LogP contribution in [0.1, 0.15) is 6.92 Å². The van der Waals surface area contributed by atoms with Crippen LogP contribution in [0, 0.1) is 0 Å². The molecule has 0 aliphatic carbocycles. The van der Waals surface area contributed by atoms with Crippen molar-refractivity contribution in [1.82, 2.24) is 9.55 Å². The molecule has 2 heterocycles. The minimum Gasteiger partial charge on any atom is -0.325 e. The van der Waals surface area contributed by atoms with E-state index in [1.54, 1.807) is 28.8 Å². The first-order valence-electron chi connectivity index (χ1n) is 7.35. The van der Waals surface area contributed by atoms with Crippen LogP contribution >= 0.6 is 46.3 Å². The first-order chi connectivity index (χ1) is 12.0. The van der Waals surface area contributed by atoms with E-state index in [-0.39, 0.29) is 17.2 Å². The second-order valence-electron chi connectivity index (χ2n) is 5.04. The lowest BCUT2D eigenvalue weighted by atomic mass is 10.3. The van der Waals surface area contributed by atoms with E-state index < -0.39 is 0 Å². The van der Waals surface area contributed by atoms with Crippen LogP contribution in [0.4, 0.5) is 5.69 Å². The highest BCUT2D eigenvalue weighted by molar-refractivity contribution is 7.99. The van der Waals surface area contributed by atoms with Crippen LogP contribution in [-0.2, 0) is 11.3 Å². The van der Waals surface area contributed by atoms with Crippen LogP contribution in [0.3, 0.4) is 0 Å². The highest BCUT2D eigenvalue weighted by Crippen LogP contribution is 2.25. The third kappa shape index (κ3) is 4.00. The Morgan fingerprint density at radius 1 is 1.32 bits per heavy atom. The molecule has 0 fully saturated rings. The first kappa shape index (κ1) is 18.3. The molecule has 5 nitrogen and oxygen atoms in total. The fourth-order valence-electron chi connectivity index (χ4n) is 2.21. The Hall–Kier alpha value is -1.54. The number of nitrogens with zero attached hydrogens (tertiary/aromatic N) is 2. The van der Waals surface area contributed by atoms with Crippen LogP contribution in [0.5, 0.6) is 0 Å². The van der Waals surface area contributed by atoms with Crippen LogP contribution in [-0.4, -0.2) is 21.2 Å². The quantitative estimate of drug-likeness (QED) is 0.493. The zero-order valence-electron chi connectivity index (χ0n) is 13.1. The van der Waals surface area contributed by atoms with Gasteiger partial charge in [0.2, 0.25) is 5.91 Å². The van der Waals surface area contributed by atoms with Crippen molar-refractivity contribution in [3.05, 3.63) is 50.0 Å². The van der Waals surface area contributed by atoms with E-state index in [1.165, 1.54) is 23.1 Å². The summed E-state index contributed by atoms with van der Waals surface area (Å²) in [7, 11) is 0. The largest absolute Gasteiger partial charge is 0.325 e. The van der Waals surface area contributed by atoms with Gasteiger partial charge in [0.1, 0.15) is 4.70 Å². The van der Waals surface area contributed by atoms with Crippen molar-refractivity contribution in [3.63, 3.8) is 0 Å². The van der Waals surface area contributed by atoms with Crippen LogP contribution < -0.4 is 10.9 Å². The van der Waals surface area contributed by atoms with Gasteiger partial charge in [0, 0.05) is 12.2 Å². The fraction of sp³-hybridized carbons (Fsp3) is 0.188. The maximum Gasteiger partial charge on any atom is 0.272 e. The molecule has 0 aliphatic heterocycles. The maximum atomic E-state index is 12.4. The summed E-state index contributed by atoms with van der Waals surface area (Å²) < 4.78 is 2.21. The molecule has 0 aliphatic rings. The summed E-state index contributed by atoms with van der Waals surface area (Å²) in [5.41, 5.74) is 1.15. The molecule has 0 atom stereocenters. The second kappa shape index (κ2) is 7.78. The van der Waals surface area contributed by atoms with Gasteiger partial charge in [0.15, 0.2) is 5.16 Å². The van der Waals surface area contributed by atoms with Gasteiger partial charge >= 0.3 is 0 Å². The molecule has 130 valence electrons. The summed E-state index contributed by atoms with van der Waals surface area (Å²) >= 11 is 14.4. The predicted molar refractivity (Wildman–Crippen MR) is 105 cm³/mol. The van der Waals surface area contributed by atoms with Gasteiger partial charge < -0.3 is 5.32 Å². The molecule has 2 aromatic heterocycles. The smallest absolute Gasteiger partial charge is 0.272 e. The number of carbonyl (C=O) groups excluding carboxylic acids is 1. The maximum absolute atomic E-state index is 12.4. The van der Waals surface area contributed by atoms with E-state index in [9.17, 15) is 9.59 Å². The van der Waals surface area contributed by atoms with E-state index in [2.05, 4.69) is 10.3 Å². The van der Waals surface area contributed by atoms with Crippen molar-refractivity contribution in [3.8, 4) is 0 Å². The van der Waals surface area contributed by atoms with Crippen LogP contribution in [0.15, 0.2) is 39.6 Å². The van der Waals surface area contributed by atoms with Crippen molar-refractivity contribution in [2.75, 3.05) is 11.1 Å². The van der Waals surface area contributed by atoms with Gasteiger partial charge in [0.25, 0.3) is 5.56 Å². The number of amides is 1. The van der Waals surface area contributed by atoms with Crippen LogP contribution in [0.2, 0.25) is 10.0 Å². The van der Waals surface area contributed by atoms with Gasteiger partial charge in [-0.2, -0.15) is 0 Å². The second-order valence-corrected chi connectivity index (χ2v) is 7.72. The zero-order chi connectivity index (χ0) is 18.0. The summed E-state index contributed by atoms with van der Waals surface area (Å²) in [6.07, 6.45) is 0. The van der Waals surface area contributed by atoms with Crippen molar-refractivity contribution < 1.29 is 4.79 Å². The summed E-state index contributed by atoms with van der Waals surface area (Å²) in [6, 6.07) is 6.69. The number of nitrogens with one attached hydrogen (secondary N) is 1. The normalized spacial score (nSPS) is 11.0. The molecular weight excluding hydrogens is 401 g/mol. The number of thioether (sulfide) groups is 1. The van der Waals surface area contributed by atoms with E-state index >= 15 is 0 Å². The molecule has 1 amide bonds. The molecule has 3 rings (SSSR count). The lowest BCUT2D eigenvalue weighted by Gasteiger charge is -2.10. The molecule has 1 N–H and O–H groups in total. The predicted octanol–water partition coefficient (Wildman–Crippen LogP) is 4.52. The third-order valence-corrected chi connectivity index (χ3v) is 5.99. The lowest BCUT2D eigenvalue weighted by molar-refractivity contribution is -0.113. The molecule has 0 saturated heterocycles. The van der Waals surface area contributed by atoms with Crippen molar-refractivity contribution in [2.24, 2.45) is 0 Å². The van der Waals surface area contributed by atoms with Gasteiger partial charge in [-0.3, -0.25) is 14.2 Å². The topological polar surface area (TPSA) is 64.0 Å². The molecule has 0 saturated carbocycles. The van der Waals surface area contributed by atoms with Gasteiger partial charge in [-0.1, -0.05) is 35.0 Å². The number of halogens is 2. The van der Waals surface area contributed by atoms with Crippen molar-refractivity contribution in [1.29, 1.82) is 0 Å². The van der Waals surface area contributed by atoms with Gasteiger partial charge in [-0.25, -0.2) is 4.98 Å². The van der Waals surface area contributed by atoms with Gasteiger partial charge in [0.05, 0.1) is 21.3 Å². The number of carbonyl (C=O) groups is 1. The molecule has 25 heavy (non-hydrogen) atoms. The van der Waals surface area contributed by atoms with E-state index in [0.29, 0.717) is 37.7 Å². The third-order valence-electron chi connectivity index (χ3n) is 3.38. The fourth-order valence-corrected chi connectivity index (χ4v) is 4.15. The minimum atomic E-state index is -0.217. The number of thiophene rings is 1. The number of hydrogen-bond acceptors (Lipinski definition) is 5. The molecular formula is C16H13Cl2N3O2S2. The molecule has 0 radical (unpaired) electrons. The highest BCUT2D eigenvalue weighted by Gasteiger charge is 2.13.